The first-order chi connectivity index (χ1) is 13.4. The van der Waals surface area contributed by atoms with E-state index in [4.69, 9.17) is 16.9 Å². The zero-order valence-corrected chi connectivity index (χ0v) is 15.8. The molecule has 10 heteroatoms. The Morgan fingerprint density at radius 3 is 2.64 bits per heavy atom. The van der Waals surface area contributed by atoms with Crippen LogP contribution in [0.5, 0.6) is 0 Å². The number of piperazine rings is 1. The van der Waals surface area contributed by atoms with E-state index in [9.17, 15) is 14.9 Å². The van der Waals surface area contributed by atoms with E-state index >= 15 is 0 Å². The van der Waals surface area contributed by atoms with Gasteiger partial charge in [-0.1, -0.05) is 17.7 Å². The zero-order valence-electron chi connectivity index (χ0n) is 15.1. The van der Waals surface area contributed by atoms with Crippen LogP contribution in [0.3, 0.4) is 0 Å². The Balaban J connectivity index is 1.68. The van der Waals surface area contributed by atoms with Crippen molar-refractivity contribution in [2.75, 3.05) is 36.4 Å². The van der Waals surface area contributed by atoms with Gasteiger partial charge in [-0.25, -0.2) is 9.78 Å². The molecule has 2 heterocycles. The van der Waals surface area contributed by atoms with Crippen LogP contribution in [-0.4, -0.2) is 47.0 Å². The summed E-state index contributed by atoms with van der Waals surface area (Å²) in [5.74, 6) is 0.148. The van der Waals surface area contributed by atoms with Gasteiger partial charge in [-0.05, 0) is 30.7 Å². The first kappa shape index (κ1) is 19.4. The summed E-state index contributed by atoms with van der Waals surface area (Å²) in [6.07, 6.45) is 1.38. The molecule has 28 heavy (non-hydrogen) atoms. The lowest BCUT2D eigenvalue weighted by Crippen LogP contribution is -2.50. The van der Waals surface area contributed by atoms with E-state index in [-0.39, 0.29) is 23.1 Å². The van der Waals surface area contributed by atoms with Crippen LogP contribution in [0.4, 0.5) is 22.0 Å². The SMILES string of the molecule is Cc1ccc(NC(=O)N2CCN(c3nccc(C#N)c3[N+](=O)[O-])CC2)cc1Cl. The summed E-state index contributed by atoms with van der Waals surface area (Å²) >= 11 is 6.08. The van der Waals surface area contributed by atoms with Crippen molar-refractivity contribution < 1.29 is 9.72 Å². The number of hydrogen-bond donors (Lipinski definition) is 1. The maximum absolute atomic E-state index is 12.5. The van der Waals surface area contributed by atoms with E-state index in [0.29, 0.717) is 36.9 Å². The van der Waals surface area contributed by atoms with Crippen molar-refractivity contribution in [2.45, 2.75) is 6.92 Å². The smallest absolute Gasteiger partial charge is 0.329 e. The minimum atomic E-state index is -0.596. The van der Waals surface area contributed by atoms with Gasteiger partial charge in [0, 0.05) is 43.1 Å². The van der Waals surface area contributed by atoms with Gasteiger partial charge in [0.15, 0.2) is 0 Å². The summed E-state index contributed by atoms with van der Waals surface area (Å²) < 4.78 is 0. The van der Waals surface area contributed by atoms with Crippen LogP contribution in [0.25, 0.3) is 0 Å². The second-order valence-corrected chi connectivity index (χ2v) is 6.68. The van der Waals surface area contributed by atoms with Crippen LogP contribution in [0.2, 0.25) is 5.02 Å². The van der Waals surface area contributed by atoms with Gasteiger partial charge >= 0.3 is 11.7 Å². The summed E-state index contributed by atoms with van der Waals surface area (Å²) in [5, 5.41) is 23.9. The minimum Gasteiger partial charge on any atom is -0.347 e. The van der Waals surface area contributed by atoms with Crippen molar-refractivity contribution in [1.29, 1.82) is 5.26 Å². The predicted molar refractivity (Wildman–Crippen MR) is 105 cm³/mol. The monoisotopic (exact) mass is 400 g/mol. The number of benzene rings is 1. The molecule has 1 aliphatic rings. The molecule has 1 saturated heterocycles. The van der Waals surface area contributed by atoms with Crippen LogP contribution >= 0.6 is 11.6 Å². The number of aromatic nitrogens is 1. The van der Waals surface area contributed by atoms with E-state index in [1.54, 1.807) is 21.9 Å². The normalized spacial score (nSPS) is 13.8. The van der Waals surface area contributed by atoms with Gasteiger partial charge < -0.3 is 15.1 Å². The molecule has 0 unspecified atom stereocenters. The number of urea groups is 1. The van der Waals surface area contributed by atoms with E-state index in [0.717, 1.165) is 5.56 Å². The molecular weight excluding hydrogens is 384 g/mol. The Bertz CT molecular complexity index is 966. The molecule has 1 aromatic heterocycles. The Morgan fingerprint density at radius 1 is 1.32 bits per heavy atom. The van der Waals surface area contributed by atoms with Gasteiger partial charge in [-0.2, -0.15) is 5.26 Å². The van der Waals surface area contributed by atoms with Gasteiger partial charge in [0.2, 0.25) is 5.82 Å². The number of rotatable bonds is 3. The highest BCUT2D eigenvalue weighted by Gasteiger charge is 2.29. The van der Waals surface area contributed by atoms with Gasteiger partial charge in [-0.15, -0.1) is 0 Å². The lowest BCUT2D eigenvalue weighted by molar-refractivity contribution is -0.384. The van der Waals surface area contributed by atoms with E-state index in [1.165, 1.54) is 12.3 Å². The number of nitriles is 1. The minimum absolute atomic E-state index is 0.0357. The van der Waals surface area contributed by atoms with E-state index in [2.05, 4.69) is 10.3 Å². The topological polar surface area (TPSA) is 115 Å². The van der Waals surface area contributed by atoms with Gasteiger partial charge in [0.05, 0.1) is 4.92 Å². The molecule has 0 spiro atoms. The van der Waals surface area contributed by atoms with Crippen molar-refractivity contribution in [3.8, 4) is 6.07 Å². The average molecular weight is 401 g/mol. The fraction of sp³-hybridized carbons (Fsp3) is 0.278. The molecule has 0 saturated carbocycles. The Morgan fingerprint density at radius 2 is 2.04 bits per heavy atom. The standard InChI is InChI=1S/C18H17ClN6O3/c1-12-2-3-14(10-15(12)19)22-18(26)24-8-6-23(7-9-24)17-16(25(27)28)13(11-20)4-5-21-17/h2-5,10H,6-9H2,1H3,(H,22,26). The number of halogens is 1. The number of carbonyl (C=O) groups excluding carboxylic acids is 1. The van der Waals surface area contributed by atoms with Crippen LogP contribution in [0.15, 0.2) is 30.5 Å². The highest BCUT2D eigenvalue weighted by atomic mass is 35.5. The van der Waals surface area contributed by atoms with Crippen LogP contribution in [-0.2, 0) is 0 Å². The number of nitro groups is 1. The molecule has 0 radical (unpaired) electrons. The Labute approximate surface area is 166 Å². The summed E-state index contributed by atoms with van der Waals surface area (Å²) in [7, 11) is 0. The number of hydrogen-bond acceptors (Lipinski definition) is 6. The molecule has 2 aromatic rings. The highest BCUT2D eigenvalue weighted by Crippen LogP contribution is 2.29. The van der Waals surface area contributed by atoms with Crippen molar-refractivity contribution >= 4 is 34.8 Å². The molecule has 1 fully saturated rings. The molecule has 9 nitrogen and oxygen atoms in total. The zero-order chi connectivity index (χ0) is 20.3. The van der Waals surface area contributed by atoms with Crippen molar-refractivity contribution in [2.24, 2.45) is 0 Å². The molecule has 0 aliphatic carbocycles. The van der Waals surface area contributed by atoms with Crippen molar-refractivity contribution in [3.05, 3.63) is 56.7 Å². The Hall–Kier alpha value is -3.38. The molecule has 0 atom stereocenters. The molecule has 3 rings (SSSR count). The quantitative estimate of drug-likeness (QED) is 0.624. The Kier molecular flexibility index (Phi) is 5.61. The van der Waals surface area contributed by atoms with Crippen LogP contribution in [0.1, 0.15) is 11.1 Å². The van der Waals surface area contributed by atoms with E-state index in [1.807, 2.05) is 19.1 Å². The second kappa shape index (κ2) is 8.10. The maximum atomic E-state index is 12.5. The number of aryl methyl sites for hydroxylation is 1. The molecule has 1 aliphatic heterocycles. The molecule has 2 amide bonds. The fourth-order valence-corrected chi connectivity index (χ4v) is 3.12. The number of carbonyl (C=O) groups is 1. The molecule has 1 aromatic carbocycles. The molecular formula is C18H17ClN6O3. The molecule has 144 valence electrons. The molecule has 0 bridgehead atoms. The number of pyridine rings is 1. The maximum Gasteiger partial charge on any atom is 0.329 e. The van der Waals surface area contributed by atoms with Gasteiger partial charge in [0.1, 0.15) is 11.6 Å². The number of amides is 2. The third-order valence-corrected chi connectivity index (χ3v) is 4.90. The summed E-state index contributed by atoms with van der Waals surface area (Å²) in [4.78, 5) is 30.7. The summed E-state index contributed by atoms with van der Waals surface area (Å²) in [6.45, 7) is 3.33. The van der Waals surface area contributed by atoms with Crippen molar-refractivity contribution in [1.82, 2.24) is 9.88 Å². The highest BCUT2D eigenvalue weighted by molar-refractivity contribution is 6.31. The number of anilines is 2. The third-order valence-electron chi connectivity index (χ3n) is 4.50. The third kappa shape index (κ3) is 3.97. The van der Waals surface area contributed by atoms with E-state index < -0.39 is 4.92 Å². The largest absolute Gasteiger partial charge is 0.347 e. The first-order valence-electron chi connectivity index (χ1n) is 8.51. The second-order valence-electron chi connectivity index (χ2n) is 6.27. The lowest BCUT2D eigenvalue weighted by atomic mass is 10.2. The van der Waals surface area contributed by atoms with Crippen LogP contribution < -0.4 is 10.2 Å². The van der Waals surface area contributed by atoms with Crippen LogP contribution in [0, 0.1) is 28.4 Å². The summed E-state index contributed by atoms with van der Waals surface area (Å²) in [6, 6.07) is 8.15. The first-order valence-corrected chi connectivity index (χ1v) is 8.89. The summed E-state index contributed by atoms with van der Waals surface area (Å²) in [5.41, 5.74) is 1.17. The van der Waals surface area contributed by atoms with Crippen molar-refractivity contribution in [3.63, 3.8) is 0 Å². The van der Waals surface area contributed by atoms with Gasteiger partial charge in [-0.3, -0.25) is 10.1 Å². The number of nitrogens with one attached hydrogen (secondary N) is 1. The van der Waals surface area contributed by atoms with Gasteiger partial charge in [0.25, 0.3) is 0 Å². The average Bonchev–Trinajstić information content (AvgIpc) is 2.70. The predicted octanol–water partition coefficient (Wildman–Crippen LogP) is 3.18. The fourth-order valence-electron chi connectivity index (χ4n) is 2.94. The number of nitrogens with zero attached hydrogens (tertiary/aromatic N) is 5. The lowest BCUT2D eigenvalue weighted by Gasteiger charge is -2.35. The molecule has 1 N–H and O–H groups in total.